The average Bonchev–Trinajstić information content (AvgIpc) is 2.93. The van der Waals surface area contributed by atoms with Crippen molar-refractivity contribution in [1.82, 2.24) is 10.6 Å². The smallest absolute Gasteiger partial charge is 0.413 e. The fourth-order valence-corrected chi connectivity index (χ4v) is 7.67. The lowest BCUT2D eigenvalue weighted by Gasteiger charge is -2.57. The molecule has 222 valence electrons. The second-order valence-electron chi connectivity index (χ2n) is 12.6. The summed E-state index contributed by atoms with van der Waals surface area (Å²) in [5.41, 5.74) is 3.67. The monoisotopic (exact) mass is 574 g/mol. The predicted molar refractivity (Wildman–Crippen MR) is 157 cm³/mol. The van der Waals surface area contributed by atoms with Crippen LogP contribution in [0.15, 0.2) is 48.5 Å². The van der Waals surface area contributed by atoms with Gasteiger partial charge in [-0.2, -0.15) is 0 Å². The number of rotatable bonds is 10. The van der Waals surface area contributed by atoms with Crippen LogP contribution in [0.25, 0.3) is 17.2 Å². The number of hydrogen-bond acceptors (Lipinski definition) is 5. The highest BCUT2D eigenvalue weighted by atomic mass is 16.6. The fourth-order valence-electron chi connectivity index (χ4n) is 7.67. The van der Waals surface area contributed by atoms with Crippen LogP contribution in [-0.2, 0) is 19.8 Å². The molecule has 4 bridgehead atoms. The number of carbonyl (C=O) groups excluding carboxylic acids is 2. The van der Waals surface area contributed by atoms with Gasteiger partial charge in [-0.05, 0) is 103 Å². The van der Waals surface area contributed by atoms with Crippen molar-refractivity contribution < 1.29 is 34.1 Å². The number of hydrogen-bond donors (Lipinski definition) is 4. The van der Waals surface area contributed by atoms with Gasteiger partial charge in [0.1, 0.15) is 18.3 Å². The molecule has 0 spiro atoms. The van der Waals surface area contributed by atoms with Gasteiger partial charge in [-0.25, -0.2) is 9.59 Å². The Morgan fingerprint density at radius 1 is 0.929 bits per heavy atom. The van der Waals surface area contributed by atoms with Crippen molar-refractivity contribution in [3.8, 4) is 16.9 Å². The third-order valence-corrected chi connectivity index (χ3v) is 9.09. The van der Waals surface area contributed by atoms with Gasteiger partial charge in [0.15, 0.2) is 0 Å². The molecule has 6 rings (SSSR count). The maximum Gasteiger partial charge on any atom is 0.413 e. The van der Waals surface area contributed by atoms with E-state index in [9.17, 15) is 19.2 Å². The van der Waals surface area contributed by atoms with E-state index >= 15 is 0 Å². The highest BCUT2D eigenvalue weighted by Crippen LogP contribution is 2.62. The van der Waals surface area contributed by atoms with E-state index in [0.29, 0.717) is 23.5 Å². The van der Waals surface area contributed by atoms with Crippen molar-refractivity contribution in [1.29, 1.82) is 0 Å². The average molecular weight is 575 g/mol. The Kier molecular flexibility index (Phi) is 8.38. The van der Waals surface area contributed by atoms with E-state index in [1.807, 2.05) is 36.4 Å². The van der Waals surface area contributed by atoms with Crippen LogP contribution in [0.2, 0.25) is 0 Å². The maximum atomic E-state index is 13.2. The van der Waals surface area contributed by atoms with Gasteiger partial charge in [-0.3, -0.25) is 9.59 Å². The van der Waals surface area contributed by atoms with E-state index in [-0.39, 0.29) is 11.3 Å². The van der Waals surface area contributed by atoms with Gasteiger partial charge < -0.3 is 25.6 Å². The minimum atomic E-state index is -1.17. The maximum absolute atomic E-state index is 13.2. The fraction of sp³-hybridized carbons (Fsp3) is 0.455. The van der Waals surface area contributed by atoms with E-state index in [1.165, 1.54) is 19.3 Å². The second kappa shape index (κ2) is 12.0. The van der Waals surface area contributed by atoms with E-state index in [2.05, 4.69) is 16.7 Å². The molecular weight excluding hydrogens is 536 g/mol. The molecule has 4 aliphatic rings. The number of aliphatic carboxylic acids is 2. The zero-order chi connectivity index (χ0) is 30.0. The number of nitrogens with one attached hydrogen (secondary N) is 2. The minimum Gasteiger partial charge on any atom is -0.480 e. The normalized spacial score (nSPS) is 24.9. The molecule has 1 atom stereocenters. The number of carboxylic acids is 2. The molecule has 0 heterocycles. The van der Waals surface area contributed by atoms with Gasteiger partial charge in [0, 0.05) is 11.6 Å². The Labute approximate surface area is 245 Å². The molecule has 4 saturated carbocycles. The first-order valence-electron chi connectivity index (χ1n) is 14.6. The Balaban J connectivity index is 1.43. The quantitative estimate of drug-likeness (QED) is 0.285. The van der Waals surface area contributed by atoms with Gasteiger partial charge in [-0.1, -0.05) is 44.2 Å². The molecule has 0 aromatic heterocycles. The molecule has 0 unspecified atom stereocenters. The van der Waals surface area contributed by atoms with Crippen LogP contribution in [0.1, 0.15) is 63.5 Å². The lowest BCUT2D eigenvalue weighted by molar-refractivity contribution is -0.138. The Bertz CT molecular complexity index is 1360. The van der Waals surface area contributed by atoms with Crippen LogP contribution in [-0.4, -0.2) is 46.7 Å². The predicted octanol–water partition coefficient (Wildman–Crippen LogP) is 5.23. The van der Waals surface area contributed by atoms with Crippen molar-refractivity contribution in [3.05, 3.63) is 59.7 Å². The lowest BCUT2D eigenvalue weighted by Crippen LogP contribution is -2.51. The Hall–Kier alpha value is -4.14. The zero-order valence-corrected chi connectivity index (χ0v) is 24.0. The van der Waals surface area contributed by atoms with Crippen LogP contribution in [0.4, 0.5) is 4.79 Å². The molecule has 4 N–H and O–H groups in total. The number of carbonyl (C=O) groups is 4. The summed E-state index contributed by atoms with van der Waals surface area (Å²) >= 11 is 0. The van der Waals surface area contributed by atoms with Crippen LogP contribution < -0.4 is 15.4 Å². The highest BCUT2D eigenvalue weighted by Gasteiger charge is 2.52. The number of benzene rings is 2. The molecule has 4 aliphatic carbocycles. The van der Waals surface area contributed by atoms with Crippen molar-refractivity contribution in [2.45, 2.75) is 63.8 Å². The van der Waals surface area contributed by atoms with Crippen molar-refractivity contribution in [2.24, 2.45) is 23.7 Å². The summed E-state index contributed by atoms with van der Waals surface area (Å²) in [6.07, 6.45) is 8.88. The topological polar surface area (TPSA) is 142 Å². The summed E-state index contributed by atoms with van der Waals surface area (Å²) in [6.45, 7) is 3.00. The summed E-state index contributed by atoms with van der Waals surface area (Å²) in [6, 6.07) is 12.6. The molecule has 0 saturated heterocycles. The molecule has 42 heavy (non-hydrogen) atoms. The van der Waals surface area contributed by atoms with Crippen molar-refractivity contribution >= 4 is 30.0 Å². The summed E-state index contributed by atoms with van der Waals surface area (Å²) in [5, 5.41) is 22.8. The van der Waals surface area contributed by atoms with E-state index in [0.717, 1.165) is 47.6 Å². The van der Waals surface area contributed by atoms with Gasteiger partial charge >= 0.3 is 18.0 Å². The van der Waals surface area contributed by atoms with Crippen molar-refractivity contribution in [2.75, 3.05) is 6.54 Å². The highest BCUT2D eigenvalue weighted by molar-refractivity contribution is 5.88. The minimum absolute atomic E-state index is 0.0825. The molecule has 0 aliphatic heterocycles. The first-order chi connectivity index (χ1) is 20.0. The number of carboxylic acid groups (broad SMARTS) is 2. The first-order valence-corrected chi connectivity index (χ1v) is 14.6. The van der Waals surface area contributed by atoms with Crippen molar-refractivity contribution in [3.63, 3.8) is 0 Å². The van der Waals surface area contributed by atoms with Gasteiger partial charge in [0.05, 0.1) is 0 Å². The first kappa shape index (κ1) is 29.4. The van der Waals surface area contributed by atoms with E-state index in [4.69, 9.17) is 14.9 Å². The lowest BCUT2D eigenvalue weighted by atomic mass is 9.48. The van der Waals surface area contributed by atoms with Crippen LogP contribution in [0.3, 0.4) is 0 Å². The molecule has 2 aromatic rings. The number of ether oxygens (including phenoxy) is 1. The molecule has 2 amide bonds. The molecule has 9 heteroatoms. The molecular formula is C33H38N2O7. The van der Waals surface area contributed by atoms with Crippen LogP contribution in [0, 0.1) is 23.7 Å². The SMILES string of the molecule is CC(C)[C@H](NC(=O)Oc1ccc(-c2ccc(C=CC(=O)O)cc2)cc1C12CC3CC(CC(C3)C1)C2)C(=O)NCC(=O)O. The van der Waals surface area contributed by atoms with Gasteiger partial charge in [0.25, 0.3) is 0 Å². The molecule has 0 radical (unpaired) electrons. The molecule has 9 nitrogen and oxygen atoms in total. The van der Waals surface area contributed by atoms with Crippen LogP contribution >= 0.6 is 0 Å². The van der Waals surface area contributed by atoms with Crippen LogP contribution in [0.5, 0.6) is 5.75 Å². The standard InChI is InChI=1S/C33H38N2O7/c1-19(2)30(31(40)34-18-29(38)39)35-32(41)42-27-9-8-25(24-6-3-20(4-7-24)5-10-28(36)37)14-26(27)33-15-21-11-22(16-33)13-23(12-21)17-33/h3-10,14,19,21-23,30H,11-13,15-18H2,1-2H3,(H,34,40)(H,35,41)(H,36,37)(H,38,39)/t21?,22?,23?,30-,33?/m0/s1. The third kappa shape index (κ3) is 6.50. The summed E-state index contributed by atoms with van der Waals surface area (Å²) in [5.74, 6) is -0.542. The Morgan fingerprint density at radius 2 is 1.52 bits per heavy atom. The zero-order valence-electron chi connectivity index (χ0n) is 24.0. The van der Waals surface area contributed by atoms with E-state index in [1.54, 1.807) is 19.9 Å². The van der Waals surface area contributed by atoms with E-state index < -0.39 is 36.5 Å². The number of amides is 2. The summed E-state index contributed by atoms with van der Waals surface area (Å²) in [7, 11) is 0. The summed E-state index contributed by atoms with van der Waals surface area (Å²) in [4.78, 5) is 47.6. The van der Waals surface area contributed by atoms with Gasteiger partial charge in [-0.15, -0.1) is 0 Å². The molecule has 2 aromatic carbocycles. The molecule has 4 fully saturated rings. The Morgan fingerprint density at radius 3 is 2.07 bits per heavy atom. The second-order valence-corrected chi connectivity index (χ2v) is 12.6. The largest absolute Gasteiger partial charge is 0.480 e. The van der Waals surface area contributed by atoms with Gasteiger partial charge in [0.2, 0.25) is 5.91 Å². The third-order valence-electron chi connectivity index (χ3n) is 9.09. The summed E-state index contributed by atoms with van der Waals surface area (Å²) < 4.78 is 5.94.